The number of fused-ring (bicyclic) bond motifs is 4. The number of aromatic nitrogens is 4. The molecule has 0 saturated carbocycles. The number of imidazole rings is 2. The summed E-state index contributed by atoms with van der Waals surface area (Å²) in [5.41, 5.74) is 14.7. The molecule has 336 valence electrons. The quantitative estimate of drug-likeness (QED) is 0.161. The topological polar surface area (TPSA) is 105 Å². The third kappa shape index (κ3) is 10.4. The summed E-state index contributed by atoms with van der Waals surface area (Å²) >= 11 is 13.0. The molecule has 2 aromatic carbocycles. The average molecular weight is 908 g/mol. The van der Waals surface area contributed by atoms with Gasteiger partial charge in [0.15, 0.2) is 0 Å². The van der Waals surface area contributed by atoms with Crippen molar-refractivity contribution in [2.24, 2.45) is 11.8 Å². The van der Waals surface area contributed by atoms with Crippen LogP contribution in [0.25, 0.3) is 32.9 Å². The van der Waals surface area contributed by atoms with Crippen molar-refractivity contribution in [2.45, 2.75) is 71.4 Å². The molecule has 0 radical (unpaired) electrons. The molecule has 65 heavy (non-hydrogen) atoms. The number of likely N-dealkylation sites (tertiary alicyclic amines) is 1. The van der Waals surface area contributed by atoms with Crippen molar-refractivity contribution in [1.82, 2.24) is 29.3 Å². The monoisotopic (exact) mass is 906 g/mol. The zero-order chi connectivity index (χ0) is 44.5. The number of nitrogens with one attached hydrogen (secondary N) is 1. The van der Waals surface area contributed by atoms with Crippen molar-refractivity contribution in [3.05, 3.63) is 188 Å². The minimum absolute atomic E-state index is 0.218. The van der Waals surface area contributed by atoms with Crippen LogP contribution in [-0.2, 0) is 17.8 Å². The molecule has 6 aliphatic rings. The number of amides is 1. The van der Waals surface area contributed by atoms with Crippen LogP contribution in [0, 0.1) is 11.8 Å². The molecule has 6 heterocycles. The number of halogens is 2. The van der Waals surface area contributed by atoms with Gasteiger partial charge in [0.2, 0.25) is 0 Å². The number of hydrogen-bond acceptors (Lipinski definition) is 5. The van der Waals surface area contributed by atoms with Crippen molar-refractivity contribution in [1.29, 1.82) is 0 Å². The first-order valence-corrected chi connectivity index (χ1v) is 23.9. The summed E-state index contributed by atoms with van der Waals surface area (Å²) < 4.78 is 9.47. The minimum atomic E-state index is -0.218. The molecular weight excluding hydrogens is 852 g/mol. The molecule has 2 fully saturated rings. The van der Waals surface area contributed by atoms with Crippen LogP contribution in [0.2, 0.25) is 10.0 Å². The zero-order valence-electron chi connectivity index (χ0n) is 37.0. The molecule has 2 aromatic heterocycles. The molecule has 4 aromatic rings. The maximum absolute atomic E-state index is 12.3. The van der Waals surface area contributed by atoms with Crippen LogP contribution in [0.3, 0.4) is 0 Å². The molecule has 0 bridgehead atoms. The predicted octanol–water partition coefficient (Wildman–Crippen LogP) is 12.8. The normalized spacial score (nSPS) is 18.2. The summed E-state index contributed by atoms with van der Waals surface area (Å²) in [5.74, 6) is 0.812. The van der Waals surface area contributed by atoms with Crippen LogP contribution >= 0.6 is 23.2 Å². The van der Waals surface area contributed by atoms with E-state index in [1.807, 2.05) is 86.0 Å². The van der Waals surface area contributed by atoms with E-state index in [1.165, 1.54) is 50.1 Å². The van der Waals surface area contributed by atoms with Gasteiger partial charge in [-0.15, -0.1) is 11.4 Å². The first-order chi connectivity index (χ1) is 31.9. The van der Waals surface area contributed by atoms with Gasteiger partial charge >= 0.3 is 6.09 Å². The lowest BCUT2D eigenvalue weighted by atomic mass is 9.81. The number of nitrogens with zero attached hydrogens (tertiary/aromatic N) is 7. The van der Waals surface area contributed by atoms with Crippen molar-refractivity contribution >= 4 is 51.6 Å². The number of allylic oxidation sites excluding steroid dienone is 10. The average Bonchev–Trinajstić information content (AvgIpc) is 4.02. The SMILES string of the molecule is CCOC(=O)N1CCC(C2=C3[N-]C=CC=C3C=C(CCCn3ccnc3)c3cc(Cl)ccc32)CC1.Clc1ccc2c(c1)C(CCCn1ccnc1)=CC1=CC=C[N-]C1=C2C1CCNCC1. The molecule has 0 spiro atoms. The van der Waals surface area contributed by atoms with E-state index in [2.05, 4.69) is 73.0 Å². The molecule has 10 rings (SSSR count). The largest absolute Gasteiger partial charge is 0.663 e. The lowest BCUT2D eigenvalue weighted by molar-refractivity contribution is 0.0959. The van der Waals surface area contributed by atoms with E-state index >= 15 is 0 Å². The Morgan fingerprint density at radius 1 is 0.723 bits per heavy atom. The maximum atomic E-state index is 12.3. The molecule has 1 amide bonds. The molecule has 2 aliphatic carbocycles. The summed E-state index contributed by atoms with van der Waals surface area (Å²) in [4.78, 5) is 22.4. The highest BCUT2D eigenvalue weighted by Crippen LogP contribution is 2.48. The standard InChI is InChI=1S/C28H30ClN4O2.C25H26ClN4/c1-2-35-28(34)33-14-9-20(10-15-33)26-24-8-7-23(29)18-25(24)21(6-4-13-32-16-12-30-19-32)17-22-5-3-11-31-27(22)26;26-21-5-6-22-23(16-21)19(4-2-13-30-14-12-28-17-30)15-20-3-1-9-29-25(20)24(22)18-7-10-27-11-8-18/h3,5,7-8,11-12,16-20H,2,4,6,9-10,13-15H2,1H3;1,3,5-6,9,12,14-18,27H,2,4,7-8,10-11,13H2/q2*-1. The second-order valence-electron chi connectivity index (χ2n) is 17.2. The molecule has 1 N–H and O–H groups in total. The molecule has 12 heteroatoms. The predicted molar refractivity (Wildman–Crippen MR) is 264 cm³/mol. The van der Waals surface area contributed by atoms with Gasteiger partial charge in [0.25, 0.3) is 0 Å². The highest BCUT2D eigenvalue weighted by atomic mass is 35.5. The van der Waals surface area contributed by atoms with Gasteiger partial charge in [-0.05, 0) is 152 Å². The van der Waals surface area contributed by atoms with Gasteiger partial charge in [-0.3, -0.25) is 0 Å². The number of piperidine rings is 2. The Bertz CT molecular complexity index is 2600. The van der Waals surface area contributed by atoms with E-state index in [1.54, 1.807) is 0 Å². The van der Waals surface area contributed by atoms with E-state index in [0.717, 1.165) is 105 Å². The number of carbonyl (C=O) groups excluding carboxylic acids is 1. The summed E-state index contributed by atoms with van der Waals surface area (Å²) in [5, 5.41) is 14.8. The Labute approximate surface area is 392 Å². The number of rotatable bonds is 11. The molecular formula is C53H56Cl2N8O2-2. The number of hydrogen-bond donors (Lipinski definition) is 1. The Morgan fingerprint density at radius 2 is 1.23 bits per heavy atom. The number of carbonyl (C=O) groups is 1. The van der Waals surface area contributed by atoms with Gasteiger partial charge in [-0.25, -0.2) is 14.8 Å². The van der Waals surface area contributed by atoms with Crippen LogP contribution < -0.4 is 5.32 Å². The lowest BCUT2D eigenvalue weighted by Crippen LogP contribution is -2.39. The van der Waals surface area contributed by atoms with Crippen LogP contribution in [0.15, 0.2) is 145 Å². The van der Waals surface area contributed by atoms with Crippen LogP contribution in [0.4, 0.5) is 4.79 Å². The Balaban J connectivity index is 0.000000166. The summed E-state index contributed by atoms with van der Waals surface area (Å²) in [6.07, 6.45) is 36.0. The fourth-order valence-corrected chi connectivity index (χ4v) is 10.3. The minimum Gasteiger partial charge on any atom is -0.663 e. The molecule has 0 atom stereocenters. The van der Waals surface area contributed by atoms with E-state index in [-0.39, 0.29) is 6.09 Å². The number of benzene rings is 2. The third-order valence-corrected chi connectivity index (χ3v) is 13.6. The fourth-order valence-electron chi connectivity index (χ4n) is 10.00. The van der Waals surface area contributed by atoms with Crippen LogP contribution in [0.5, 0.6) is 0 Å². The van der Waals surface area contributed by atoms with E-state index in [4.69, 9.17) is 38.6 Å². The fraction of sp³-hybridized carbons (Fsp3) is 0.340. The highest BCUT2D eigenvalue weighted by molar-refractivity contribution is 6.31. The molecule has 4 aliphatic heterocycles. The number of ether oxygens (including phenoxy) is 1. The maximum Gasteiger partial charge on any atom is 0.409 e. The molecule has 10 nitrogen and oxygen atoms in total. The smallest absolute Gasteiger partial charge is 0.409 e. The second kappa shape index (κ2) is 21.0. The first kappa shape index (κ1) is 44.4. The van der Waals surface area contributed by atoms with Gasteiger partial charge in [-0.1, -0.05) is 82.9 Å². The first-order valence-electron chi connectivity index (χ1n) is 23.1. The van der Waals surface area contributed by atoms with Crippen molar-refractivity contribution in [3.63, 3.8) is 0 Å². The van der Waals surface area contributed by atoms with Crippen molar-refractivity contribution in [3.8, 4) is 0 Å². The van der Waals surface area contributed by atoms with Gasteiger partial charge in [0, 0.05) is 61.0 Å². The Kier molecular flexibility index (Phi) is 14.3. The van der Waals surface area contributed by atoms with Gasteiger partial charge in [0.05, 0.1) is 19.3 Å². The van der Waals surface area contributed by atoms with E-state index in [0.29, 0.717) is 31.5 Å². The van der Waals surface area contributed by atoms with Gasteiger partial charge in [0.1, 0.15) is 0 Å². The van der Waals surface area contributed by atoms with Gasteiger partial charge in [-0.2, -0.15) is 12.4 Å². The third-order valence-electron chi connectivity index (χ3n) is 13.1. The summed E-state index contributed by atoms with van der Waals surface area (Å²) in [7, 11) is 0. The van der Waals surface area contributed by atoms with Crippen molar-refractivity contribution in [2.75, 3.05) is 32.8 Å². The van der Waals surface area contributed by atoms with Crippen LogP contribution in [-0.4, -0.2) is 62.9 Å². The van der Waals surface area contributed by atoms with Gasteiger partial charge < -0.3 is 34.7 Å². The van der Waals surface area contributed by atoms with E-state index < -0.39 is 0 Å². The van der Waals surface area contributed by atoms with Crippen molar-refractivity contribution < 1.29 is 9.53 Å². The molecule has 0 unspecified atom stereocenters. The Hall–Kier alpha value is -5.81. The zero-order valence-corrected chi connectivity index (χ0v) is 38.5. The number of aryl methyl sites for hydroxylation is 2. The summed E-state index contributed by atoms with van der Waals surface area (Å²) in [6.45, 7) is 7.60. The second-order valence-corrected chi connectivity index (χ2v) is 18.1. The Morgan fingerprint density at radius 3 is 1.71 bits per heavy atom. The van der Waals surface area contributed by atoms with Crippen LogP contribution in [0.1, 0.15) is 80.5 Å². The lowest BCUT2D eigenvalue weighted by Gasteiger charge is -2.37. The highest BCUT2D eigenvalue weighted by Gasteiger charge is 2.30. The van der Waals surface area contributed by atoms with E-state index in [9.17, 15) is 4.79 Å². The molecule has 2 saturated heterocycles. The summed E-state index contributed by atoms with van der Waals surface area (Å²) in [6, 6.07) is 12.6.